The van der Waals surface area contributed by atoms with Crippen molar-refractivity contribution in [2.24, 2.45) is 10.2 Å². The summed E-state index contributed by atoms with van der Waals surface area (Å²) >= 11 is 4.97. The van der Waals surface area contributed by atoms with Crippen LogP contribution in [0.25, 0.3) is 0 Å². The Morgan fingerprint density at radius 3 is 2.79 bits per heavy atom. The number of sulfonamides is 1. The molecule has 11 heteroatoms. The van der Waals surface area contributed by atoms with Crippen molar-refractivity contribution in [2.45, 2.75) is 30.3 Å². The number of carbonyl (C=O) groups excluding carboxylic acids is 1. The molecule has 9 nitrogen and oxygen atoms in total. The predicted molar refractivity (Wildman–Crippen MR) is 106 cm³/mol. The highest BCUT2D eigenvalue weighted by Crippen LogP contribution is 2.36. The molecule has 0 aromatic heterocycles. The van der Waals surface area contributed by atoms with E-state index in [9.17, 15) is 13.2 Å². The molecule has 1 aliphatic heterocycles. The first kappa shape index (κ1) is 20.9. The summed E-state index contributed by atoms with van der Waals surface area (Å²) < 4.78 is 43.0. The topological polar surface area (TPSA) is 116 Å². The molecule has 1 unspecified atom stereocenters. The van der Waals surface area contributed by atoms with Gasteiger partial charge in [0.15, 0.2) is 0 Å². The van der Waals surface area contributed by atoms with Gasteiger partial charge in [0.05, 0.1) is 19.8 Å². The van der Waals surface area contributed by atoms with Gasteiger partial charge >= 0.3 is 5.97 Å². The van der Waals surface area contributed by atoms with Gasteiger partial charge in [0, 0.05) is 11.6 Å². The number of nitrogens with one attached hydrogen (secondary N) is 1. The average Bonchev–Trinajstić information content (AvgIpc) is 3.19. The fraction of sp³-hybridized carbons (Fsp3) is 0.333. The Labute approximate surface area is 173 Å². The van der Waals surface area contributed by atoms with Crippen molar-refractivity contribution in [1.29, 1.82) is 0 Å². The number of allylic oxidation sites excluding steroid dienone is 1. The molecule has 1 N–H and O–H groups in total. The number of benzene rings is 1. The number of carbonyl (C=O) groups is 1. The van der Waals surface area contributed by atoms with Crippen molar-refractivity contribution in [3.63, 3.8) is 0 Å². The van der Waals surface area contributed by atoms with Gasteiger partial charge in [-0.1, -0.05) is 12.1 Å². The number of esters is 1. The number of hydrogen-bond acceptors (Lipinski definition) is 8. The third kappa shape index (κ3) is 4.62. The molecule has 0 bridgehead atoms. The fourth-order valence-corrected chi connectivity index (χ4v) is 4.57. The fourth-order valence-electron chi connectivity index (χ4n) is 3.12. The maximum Gasteiger partial charge on any atom is 0.339 e. The van der Waals surface area contributed by atoms with Gasteiger partial charge in [-0.25, -0.2) is 13.2 Å². The molecule has 0 spiro atoms. The van der Waals surface area contributed by atoms with Gasteiger partial charge in [-0.2, -0.15) is 0 Å². The summed E-state index contributed by atoms with van der Waals surface area (Å²) in [7, 11) is -1.45. The lowest BCUT2D eigenvalue weighted by Crippen LogP contribution is -2.29. The number of rotatable bonds is 5. The summed E-state index contributed by atoms with van der Waals surface area (Å²) in [5, 5.41) is 7.19. The van der Waals surface area contributed by atoms with Gasteiger partial charge in [-0.3, -0.25) is 4.72 Å². The van der Waals surface area contributed by atoms with Crippen LogP contribution in [0, 0.1) is 0 Å². The lowest BCUT2D eigenvalue weighted by atomic mass is 10.1. The Bertz CT molecular complexity index is 1030. The summed E-state index contributed by atoms with van der Waals surface area (Å²) in [5.41, 5.74) is 0.957. The minimum atomic E-state index is -4.17. The molecule has 0 saturated heterocycles. The van der Waals surface area contributed by atoms with E-state index in [0.717, 1.165) is 31.9 Å². The lowest BCUT2D eigenvalue weighted by molar-refractivity contribution is 0.0596. The molecule has 1 fully saturated rings. The van der Waals surface area contributed by atoms with Crippen LogP contribution in [-0.4, -0.2) is 39.8 Å². The van der Waals surface area contributed by atoms with Crippen LogP contribution in [-0.2, 0) is 24.2 Å². The van der Waals surface area contributed by atoms with Gasteiger partial charge in [-0.05, 0) is 43.6 Å². The molecule has 1 aliphatic carbocycles. The monoisotopic (exact) mass is 437 g/mol. The molecular weight excluding hydrogens is 418 g/mol. The van der Waals surface area contributed by atoms with E-state index in [2.05, 4.69) is 19.7 Å². The molecule has 1 aromatic carbocycles. The number of thiocarbonyl (C=S) groups is 1. The van der Waals surface area contributed by atoms with Crippen LogP contribution in [0.4, 0.5) is 0 Å². The lowest BCUT2D eigenvalue weighted by Gasteiger charge is -2.21. The molecule has 3 rings (SSSR count). The van der Waals surface area contributed by atoms with Crippen molar-refractivity contribution in [3.05, 3.63) is 53.1 Å². The van der Waals surface area contributed by atoms with Gasteiger partial charge in [0.25, 0.3) is 10.0 Å². The van der Waals surface area contributed by atoms with Crippen molar-refractivity contribution in [1.82, 2.24) is 4.72 Å². The molecule has 2 aliphatic rings. The molecule has 0 radical (unpaired) electrons. The molecule has 1 aromatic rings. The summed E-state index contributed by atoms with van der Waals surface area (Å²) in [6.07, 6.45) is 4.19. The van der Waals surface area contributed by atoms with Gasteiger partial charge in [0.1, 0.15) is 16.8 Å². The van der Waals surface area contributed by atoms with Crippen molar-refractivity contribution in [3.8, 4) is 0 Å². The number of methoxy groups -OCH3 is 2. The standard InChI is InChI=1S/C18H19N3O6S2/c1-25-14-10-16(27-13-8-5-7-11(13)14)19-20-18(28)21-29(23,24)15-9-4-3-6-12(15)17(22)26-2/h3-4,6,9-10,13H,5,7-8H2,1-2H3,(H,21,28). The smallest absolute Gasteiger partial charge is 0.339 e. The highest BCUT2D eigenvalue weighted by atomic mass is 32.2. The van der Waals surface area contributed by atoms with E-state index in [1.165, 1.54) is 24.3 Å². The van der Waals surface area contributed by atoms with Gasteiger partial charge in [0.2, 0.25) is 11.0 Å². The van der Waals surface area contributed by atoms with Crippen LogP contribution < -0.4 is 4.72 Å². The van der Waals surface area contributed by atoms with Crippen LogP contribution >= 0.6 is 12.2 Å². The van der Waals surface area contributed by atoms with Crippen molar-refractivity contribution < 1.29 is 27.4 Å². The first-order valence-corrected chi connectivity index (χ1v) is 10.6. The minimum absolute atomic E-state index is 0.121. The molecule has 1 atom stereocenters. The normalized spacial score (nSPS) is 18.7. The Morgan fingerprint density at radius 1 is 1.31 bits per heavy atom. The van der Waals surface area contributed by atoms with Crippen LogP contribution in [0.3, 0.4) is 0 Å². The van der Waals surface area contributed by atoms with Gasteiger partial charge < -0.3 is 14.2 Å². The second-order valence-corrected chi connectivity index (χ2v) is 8.21. The number of hydrogen-bond donors (Lipinski definition) is 1. The number of ether oxygens (including phenoxy) is 3. The van der Waals surface area contributed by atoms with E-state index in [4.69, 9.17) is 21.7 Å². The summed E-state index contributed by atoms with van der Waals surface area (Å²) in [6, 6.07) is 5.60. The SMILES string of the molecule is COC(=O)c1ccccc1S(=O)(=O)NC(=S)N=NC1=CC(OC)=C2CCCC2O1. The van der Waals surface area contributed by atoms with Crippen LogP contribution in [0.2, 0.25) is 0 Å². The molecule has 1 saturated carbocycles. The number of nitrogens with zero attached hydrogens (tertiary/aromatic N) is 2. The highest BCUT2D eigenvalue weighted by molar-refractivity contribution is 7.92. The average molecular weight is 437 g/mol. The Morgan fingerprint density at radius 2 is 2.07 bits per heavy atom. The molecule has 0 amide bonds. The van der Waals surface area contributed by atoms with E-state index < -0.39 is 21.1 Å². The zero-order valence-corrected chi connectivity index (χ0v) is 17.4. The van der Waals surface area contributed by atoms with Crippen LogP contribution in [0.1, 0.15) is 29.6 Å². The second kappa shape index (κ2) is 8.70. The summed E-state index contributed by atoms with van der Waals surface area (Å²) in [4.78, 5) is 11.5. The summed E-state index contributed by atoms with van der Waals surface area (Å²) in [6.45, 7) is 0. The van der Waals surface area contributed by atoms with E-state index in [1.54, 1.807) is 13.2 Å². The maximum atomic E-state index is 12.6. The molecule has 29 heavy (non-hydrogen) atoms. The predicted octanol–water partition coefficient (Wildman–Crippen LogP) is 2.81. The second-order valence-electron chi connectivity index (χ2n) is 6.17. The van der Waals surface area contributed by atoms with E-state index in [-0.39, 0.29) is 22.4 Å². The largest absolute Gasteiger partial charge is 0.496 e. The number of fused-ring (bicyclic) bond motifs is 1. The molecule has 154 valence electrons. The van der Waals surface area contributed by atoms with Crippen molar-refractivity contribution in [2.75, 3.05) is 14.2 Å². The maximum absolute atomic E-state index is 12.6. The zero-order valence-electron chi connectivity index (χ0n) is 15.7. The van der Waals surface area contributed by atoms with Crippen LogP contribution in [0.15, 0.2) is 62.7 Å². The number of azo groups is 1. The van der Waals surface area contributed by atoms with E-state index in [1.807, 2.05) is 0 Å². The third-order valence-corrected chi connectivity index (χ3v) is 6.11. The Kier molecular flexibility index (Phi) is 6.28. The van der Waals surface area contributed by atoms with Crippen molar-refractivity contribution >= 4 is 33.3 Å². The van der Waals surface area contributed by atoms with E-state index in [0.29, 0.717) is 5.76 Å². The van der Waals surface area contributed by atoms with Gasteiger partial charge in [-0.15, -0.1) is 10.2 Å². The highest BCUT2D eigenvalue weighted by Gasteiger charge is 2.30. The Hall–Kier alpha value is -2.79. The Balaban J connectivity index is 1.75. The minimum Gasteiger partial charge on any atom is -0.496 e. The first-order chi connectivity index (χ1) is 13.9. The zero-order chi connectivity index (χ0) is 21.0. The quantitative estimate of drug-likeness (QED) is 0.428. The third-order valence-electron chi connectivity index (χ3n) is 4.40. The van der Waals surface area contributed by atoms with E-state index >= 15 is 0 Å². The van der Waals surface area contributed by atoms with Crippen LogP contribution in [0.5, 0.6) is 0 Å². The molecule has 1 heterocycles. The first-order valence-electron chi connectivity index (χ1n) is 8.67. The summed E-state index contributed by atoms with van der Waals surface area (Å²) in [5.74, 6) is 0.0609. The molecular formula is C18H19N3O6S2.